The summed E-state index contributed by atoms with van der Waals surface area (Å²) in [7, 11) is 4.27. The summed E-state index contributed by atoms with van der Waals surface area (Å²) in [5.74, 6) is 1.06. The number of sulfonamides is 1. The van der Waals surface area contributed by atoms with Gasteiger partial charge in [0.25, 0.3) is 0 Å². The average molecular weight is 596 g/mol. The molecule has 1 aromatic carbocycles. The molecule has 1 aromatic rings. The first-order valence-electron chi connectivity index (χ1n) is 14.8. The van der Waals surface area contributed by atoms with Gasteiger partial charge in [-0.05, 0) is 45.4 Å². The molecule has 5 saturated heterocycles. The number of Topliss-reactive ketones (excluding diaryl/α,β-unsaturated/α-hetero) is 1. The van der Waals surface area contributed by atoms with Crippen molar-refractivity contribution in [3.63, 3.8) is 0 Å². The maximum atomic E-state index is 13.0. The minimum Gasteiger partial charge on any atom is -0.497 e. The summed E-state index contributed by atoms with van der Waals surface area (Å²) in [6, 6.07) is 6.53. The van der Waals surface area contributed by atoms with Crippen molar-refractivity contribution in [3.05, 3.63) is 24.3 Å². The van der Waals surface area contributed by atoms with Crippen molar-refractivity contribution < 1.29 is 27.4 Å². The van der Waals surface area contributed by atoms with E-state index in [0.29, 0.717) is 37.5 Å². The van der Waals surface area contributed by atoms with E-state index in [4.69, 9.17) is 14.2 Å². The van der Waals surface area contributed by atoms with Crippen LogP contribution in [-0.2, 0) is 24.3 Å². The number of rotatable bonds is 3. The molecule has 2 spiro atoms. The second kappa shape index (κ2) is 14.2. The van der Waals surface area contributed by atoms with Crippen molar-refractivity contribution in [3.8, 4) is 5.75 Å². The molecule has 232 valence electrons. The van der Waals surface area contributed by atoms with Crippen LogP contribution in [0.5, 0.6) is 5.75 Å². The van der Waals surface area contributed by atoms with E-state index in [9.17, 15) is 13.2 Å². The van der Waals surface area contributed by atoms with Crippen molar-refractivity contribution in [2.45, 2.75) is 54.9 Å². The third kappa shape index (κ3) is 8.26. The molecule has 0 bridgehead atoms. The maximum absolute atomic E-state index is 13.0. The van der Waals surface area contributed by atoms with Gasteiger partial charge in [-0.15, -0.1) is 0 Å². The van der Waals surface area contributed by atoms with Crippen molar-refractivity contribution >= 4 is 15.8 Å². The Balaban J connectivity index is 0.000000168. The minimum absolute atomic E-state index is 0.0620. The number of carbonyl (C=O) groups is 1. The van der Waals surface area contributed by atoms with Crippen LogP contribution >= 0.6 is 0 Å². The van der Waals surface area contributed by atoms with Crippen LogP contribution in [0.4, 0.5) is 0 Å². The smallest absolute Gasteiger partial charge is 0.245 e. The zero-order valence-corrected chi connectivity index (χ0v) is 26.1. The van der Waals surface area contributed by atoms with Crippen LogP contribution in [0.15, 0.2) is 29.2 Å². The Labute approximate surface area is 246 Å². The number of methoxy groups -OCH3 is 1. The van der Waals surface area contributed by atoms with E-state index in [-0.39, 0.29) is 10.6 Å². The summed E-state index contributed by atoms with van der Waals surface area (Å²) in [4.78, 5) is 17.6. The highest BCUT2D eigenvalue weighted by molar-refractivity contribution is 7.89. The van der Waals surface area contributed by atoms with Crippen molar-refractivity contribution in [2.24, 2.45) is 0 Å². The fraction of sp³-hybridized carbons (Fsp3) is 0.759. The number of hydrogen-bond donors (Lipinski definition) is 1. The normalized spacial score (nSPS) is 25.4. The topological polar surface area (TPSA) is 104 Å². The molecule has 6 rings (SSSR count). The lowest BCUT2D eigenvalue weighted by molar-refractivity contribution is -0.121. The number of hydrogen-bond acceptors (Lipinski definition) is 10. The molecule has 5 fully saturated rings. The highest BCUT2D eigenvalue weighted by atomic mass is 32.2. The molecule has 0 saturated carbocycles. The third-order valence-corrected chi connectivity index (χ3v) is 10.8. The average Bonchev–Trinajstić information content (AvgIpc) is 3.62. The van der Waals surface area contributed by atoms with Gasteiger partial charge in [0, 0.05) is 90.9 Å². The lowest BCUT2D eigenvalue weighted by atomic mass is 10.0. The molecular weight excluding hydrogens is 546 g/mol. The number of benzene rings is 1. The minimum atomic E-state index is -3.55. The van der Waals surface area contributed by atoms with Gasteiger partial charge < -0.3 is 28.9 Å². The van der Waals surface area contributed by atoms with Crippen LogP contribution in [0, 0.1) is 0 Å². The molecule has 11 nitrogen and oxygen atoms in total. The van der Waals surface area contributed by atoms with Gasteiger partial charge in [0.1, 0.15) is 23.0 Å². The van der Waals surface area contributed by atoms with Gasteiger partial charge in [0.05, 0.1) is 25.2 Å². The highest BCUT2D eigenvalue weighted by Gasteiger charge is 2.50. The molecule has 5 heterocycles. The summed E-state index contributed by atoms with van der Waals surface area (Å²) in [5.41, 5.74) is -0.613. The Morgan fingerprint density at radius 3 is 1.85 bits per heavy atom. The lowest BCUT2D eigenvalue weighted by Crippen LogP contribution is -2.54. The molecule has 0 aromatic heterocycles. The molecule has 5 aliphatic heterocycles. The quantitative estimate of drug-likeness (QED) is 0.552. The molecule has 1 N–H and O–H groups in total. The predicted octanol–water partition coefficient (Wildman–Crippen LogP) is 1.45. The highest BCUT2D eigenvalue weighted by Crippen LogP contribution is 2.38. The summed E-state index contributed by atoms with van der Waals surface area (Å²) >= 11 is 0. The maximum Gasteiger partial charge on any atom is 0.245 e. The fourth-order valence-electron chi connectivity index (χ4n) is 5.92. The number of likely N-dealkylation sites (tertiary alicyclic amines) is 3. The van der Waals surface area contributed by atoms with Gasteiger partial charge >= 0.3 is 0 Å². The van der Waals surface area contributed by atoms with E-state index in [1.165, 1.54) is 0 Å². The second-order valence-electron chi connectivity index (χ2n) is 11.8. The first kappa shape index (κ1) is 32.3. The van der Waals surface area contributed by atoms with Gasteiger partial charge in [-0.3, -0.25) is 10.1 Å². The Bertz CT molecular complexity index is 1070. The number of ketones is 1. The van der Waals surface area contributed by atoms with Gasteiger partial charge in [-0.1, -0.05) is 0 Å². The molecule has 12 heteroatoms. The van der Waals surface area contributed by atoms with Crippen molar-refractivity contribution in [2.75, 3.05) is 93.8 Å². The van der Waals surface area contributed by atoms with Crippen LogP contribution in [-0.4, -0.2) is 138 Å². The molecule has 5 aliphatic rings. The summed E-state index contributed by atoms with van der Waals surface area (Å²) in [6.45, 7) is 8.71. The Morgan fingerprint density at radius 2 is 1.34 bits per heavy atom. The van der Waals surface area contributed by atoms with Crippen molar-refractivity contribution in [1.29, 1.82) is 0 Å². The summed E-state index contributed by atoms with van der Waals surface area (Å²) in [6.07, 6.45) is 5.22. The second-order valence-corrected chi connectivity index (χ2v) is 13.6. The van der Waals surface area contributed by atoms with Gasteiger partial charge in [0.15, 0.2) is 0 Å². The number of nitrogens with one attached hydrogen (secondary N) is 1. The van der Waals surface area contributed by atoms with E-state index in [1.54, 1.807) is 35.7 Å². The van der Waals surface area contributed by atoms with Gasteiger partial charge in [-0.25, -0.2) is 8.42 Å². The first-order valence-corrected chi connectivity index (χ1v) is 16.3. The predicted molar refractivity (Wildman–Crippen MR) is 157 cm³/mol. The zero-order chi connectivity index (χ0) is 29.5. The Morgan fingerprint density at radius 1 is 0.780 bits per heavy atom. The molecule has 0 amide bonds. The van der Waals surface area contributed by atoms with Crippen LogP contribution in [0.1, 0.15) is 38.5 Å². The number of ether oxygens (including phenoxy) is 3. The first-order chi connectivity index (χ1) is 19.6. The van der Waals surface area contributed by atoms with E-state index in [2.05, 4.69) is 27.1 Å². The fourth-order valence-corrected chi connectivity index (χ4v) is 7.64. The van der Waals surface area contributed by atoms with Gasteiger partial charge in [0.2, 0.25) is 10.0 Å². The largest absolute Gasteiger partial charge is 0.497 e. The molecule has 0 radical (unpaired) electrons. The molecular formula is C29H49N5O6S. The monoisotopic (exact) mass is 595 g/mol. The van der Waals surface area contributed by atoms with Crippen LogP contribution in [0.3, 0.4) is 0 Å². The zero-order valence-electron chi connectivity index (χ0n) is 25.3. The molecule has 41 heavy (non-hydrogen) atoms. The summed E-state index contributed by atoms with van der Waals surface area (Å²) in [5, 5.41) is 3.44. The van der Waals surface area contributed by atoms with Crippen molar-refractivity contribution in [1.82, 2.24) is 24.3 Å². The standard InChI is InChI=1S/C15H22N2O4S.C8H16N2O.C6H11NO/c1-16-9-7-15(8-10-16)17(11-12-21-15)22(18,19)14-5-3-13(20-2)4-6-14;1-10-5-2-8(3-6-10)9-4-7-11-8;1-7-4-2-6(8)3-5-7/h3-6H,7-12H2,1-2H3;9H,2-7H2,1H3;2-5H2,1H3. The van der Waals surface area contributed by atoms with E-state index in [0.717, 1.165) is 78.1 Å². The third-order valence-electron chi connectivity index (χ3n) is 8.80. The number of piperidine rings is 3. The van der Waals surface area contributed by atoms with E-state index >= 15 is 0 Å². The SMILES string of the molecule is CN1CCC(=O)CC1.CN1CCC2(CC1)NCCO2.COc1ccc(S(=O)(=O)N2CCOC23CCN(C)CC3)cc1. The molecule has 0 atom stereocenters. The Kier molecular flexibility index (Phi) is 11.2. The number of nitrogens with zero attached hydrogens (tertiary/aromatic N) is 4. The van der Waals surface area contributed by atoms with E-state index < -0.39 is 15.7 Å². The van der Waals surface area contributed by atoms with Crippen LogP contribution in [0.25, 0.3) is 0 Å². The Hall–Kier alpha value is -1.64. The number of carbonyl (C=O) groups excluding carboxylic acids is 1. The van der Waals surface area contributed by atoms with Crippen LogP contribution < -0.4 is 10.1 Å². The van der Waals surface area contributed by atoms with E-state index in [1.807, 2.05) is 14.1 Å². The molecule has 0 unspecified atom stereocenters. The molecule has 0 aliphatic carbocycles. The van der Waals surface area contributed by atoms with Gasteiger partial charge in [-0.2, -0.15) is 4.31 Å². The lowest BCUT2D eigenvalue weighted by Gasteiger charge is -2.41. The van der Waals surface area contributed by atoms with Crippen LogP contribution in [0.2, 0.25) is 0 Å². The summed E-state index contributed by atoms with van der Waals surface area (Å²) < 4.78 is 44.2.